The number of methoxy groups -OCH3 is 1. The second-order valence-electron chi connectivity index (χ2n) is 4.47. The first-order valence-corrected chi connectivity index (χ1v) is 6.16. The summed E-state index contributed by atoms with van der Waals surface area (Å²) in [7, 11) is 1.61. The van der Waals surface area contributed by atoms with Crippen LogP contribution in [0.3, 0.4) is 0 Å². The van der Waals surface area contributed by atoms with E-state index in [4.69, 9.17) is 9.84 Å². The molecule has 98 valence electrons. The zero-order chi connectivity index (χ0) is 12.7. The molecular formula is C12H21NO4. The average Bonchev–Trinajstić information content (AvgIpc) is 2.34. The Hall–Kier alpha value is -1.10. The van der Waals surface area contributed by atoms with Crippen molar-refractivity contribution in [3.8, 4) is 0 Å². The van der Waals surface area contributed by atoms with Crippen LogP contribution in [0, 0.1) is 11.8 Å². The Balaban J connectivity index is 2.39. The van der Waals surface area contributed by atoms with E-state index in [0.29, 0.717) is 26.0 Å². The Kier molecular flexibility index (Phi) is 5.97. The number of carbonyl (C=O) groups excluding carboxylic acids is 1. The molecule has 1 rings (SSSR count). The van der Waals surface area contributed by atoms with Gasteiger partial charge in [0.2, 0.25) is 5.91 Å². The largest absolute Gasteiger partial charge is 0.481 e. The molecule has 1 amide bonds. The van der Waals surface area contributed by atoms with Gasteiger partial charge in [0.15, 0.2) is 0 Å². The molecule has 1 fully saturated rings. The maximum Gasteiger partial charge on any atom is 0.307 e. The van der Waals surface area contributed by atoms with Gasteiger partial charge in [0.1, 0.15) is 0 Å². The van der Waals surface area contributed by atoms with Crippen molar-refractivity contribution in [1.29, 1.82) is 0 Å². The van der Waals surface area contributed by atoms with Crippen molar-refractivity contribution in [2.45, 2.75) is 32.1 Å². The van der Waals surface area contributed by atoms with Crippen molar-refractivity contribution >= 4 is 11.9 Å². The molecule has 0 spiro atoms. The quantitative estimate of drug-likeness (QED) is 0.683. The summed E-state index contributed by atoms with van der Waals surface area (Å²) in [6.45, 7) is 1.16. The van der Waals surface area contributed by atoms with Gasteiger partial charge in [-0.05, 0) is 19.3 Å². The second-order valence-corrected chi connectivity index (χ2v) is 4.47. The lowest BCUT2D eigenvalue weighted by molar-refractivity contribution is -0.148. The molecule has 5 heteroatoms. The summed E-state index contributed by atoms with van der Waals surface area (Å²) < 4.78 is 4.88. The number of aliphatic carboxylic acids is 1. The highest BCUT2D eigenvalue weighted by Crippen LogP contribution is 2.30. The molecule has 0 heterocycles. The van der Waals surface area contributed by atoms with Crippen molar-refractivity contribution in [2.24, 2.45) is 11.8 Å². The molecule has 0 radical (unpaired) electrons. The minimum Gasteiger partial charge on any atom is -0.481 e. The van der Waals surface area contributed by atoms with Crippen LogP contribution in [-0.2, 0) is 14.3 Å². The van der Waals surface area contributed by atoms with Gasteiger partial charge in [-0.2, -0.15) is 0 Å². The third kappa shape index (κ3) is 4.34. The molecule has 1 saturated carbocycles. The summed E-state index contributed by atoms with van der Waals surface area (Å²) in [6.07, 6.45) is 3.91. The van der Waals surface area contributed by atoms with E-state index in [1.54, 1.807) is 7.11 Å². The number of amides is 1. The van der Waals surface area contributed by atoms with E-state index >= 15 is 0 Å². The number of nitrogens with one attached hydrogen (secondary N) is 1. The molecule has 17 heavy (non-hydrogen) atoms. The number of hydrogen-bond donors (Lipinski definition) is 2. The molecular weight excluding hydrogens is 222 g/mol. The molecule has 5 nitrogen and oxygen atoms in total. The Labute approximate surface area is 102 Å². The number of ether oxygens (including phenoxy) is 1. The highest BCUT2D eigenvalue weighted by molar-refractivity contribution is 5.84. The van der Waals surface area contributed by atoms with Gasteiger partial charge < -0.3 is 15.2 Å². The summed E-state index contributed by atoms with van der Waals surface area (Å²) in [4.78, 5) is 22.9. The highest BCUT2D eigenvalue weighted by Gasteiger charge is 2.35. The first kappa shape index (κ1) is 14.0. The van der Waals surface area contributed by atoms with Crippen LogP contribution in [0.4, 0.5) is 0 Å². The van der Waals surface area contributed by atoms with Gasteiger partial charge in [-0.15, -0.1) is 0 Å². The van der Waals surface area contributed by atoms with Crippen LogP contribution in [-0.4, -0.2) is 37.2 Å². The number of carboxylic acid groups (broad SMARTS) is 1. The summed E-state index contributed by atoms with van der Waals surface area (Å²) in [6, 6.07) is 0. The molecule has 2 atom stereocenters. The summed E-state index contributed by atoms with van der Waals surface area (Å²) in [5, 5.41) is 11.9. The lowest BCUT2D eigenvalue weighted by Crippen LogP contribution is -2.40. The van der Waals surface area contributed by atoms with Gasteiger partial charge in [-0.3, -0.25) is 9.59 Å². The fraction of sp³-hybridized carbons (Fsp3) is 0.833. The second kappa shape index (κ2) is 7.27. The lowest BCUT2D eigenvalue weighted by atomic mass is 9.79. The summed E-state index contributed by atoms with van der Waals surface area (Å²) in [5.74, 6) is -1.83. The fourth-order valence-electron chi connectivity index (χ4n) is 2.30. The van der Waals surface area contributed by atoms with Crippen LogP contribution >= 0.6 is 0 Å². The van der Waals surface area contributed by atoms with Crippen LogP contribution in [0.1, 0.15) is 32.1 Å². The number of rotatable bonds is 6. The van der Waals surface area contributed by atoms with E-state index in [9.17, 15) is 9.59 Å². The molecule has 2 unspecified atom stereocenters. The first-order chi connectivity index (χ1) is 8.16. The molecule has 2 N–H and O–H groups in total. The predicted octanol–water partition coefficient (Wildman–Crippen LogP) is 1.03. The van der Waals surface area contributed by atoms with E-state index in [2.05, 4.69) is 5.32 Å². The molecule has 1 aliphatic rings. The minimum absolute atomic E-state index is 0.117. The minimum atomic E-state index is -0.846. The smallest absolute Gasteiger partial charge is 0.307 e. The molecule has 0 aromatic rings. The SMILES string of the molecule is COCCCNC(=O)C1CCCCC1C(=O)O. The third-order valence-electron chi connectivity index (χ3n) is 3.24. The van der Waals surface area contributed by atoms with Crippen molar-refractivity contribution in [3.63, 3.8) is 0 Å². The van der Waals surface area contributed by atoms with Gasteiger partial charge in [-0.25, -0.2) is 0 Å². The van der Waals surface area contributed by atoms with Crippen LogP contribution in [0.25, 0.3) is 0 Å². The average molecular weight is 243 g/mol. The standard InChI is InChI=1S/C12H21NO4/c1-17-8-4-7-13-11(14)9-5-2-3-6-10(9)12(15)16/h9-10H,2-8H2,1H3,(H,13,14)(H,15,16). The Morgan fingerprint density at radius 2 is 1.94 bits per heavy atom. The van der Waals surface area contributed by atoms with Gasteiger partial charge in [0, 0.05) is 20.3 Å². The van der Waals surface area contributed by atoms with Gasteiger partial charge in [-0.1, -0.05) is 12.8 Å². The first-order valence-electron chi connectivity index (χ1n) is 6.16. The van der Waals surface area contributed by atoms with E-state index < -0.39 is 11.9 Å². The lowest BCUT2D eigenvalue weighted by Gasteiger charge is -2.27. The zero-order valence-corrected chi connectivity index (χ0v) is 10.3. The van der Waals surface area contributed by atoms with E-state index in [0.717, 1.165) is 19.3 Å². The van der Waals surface area contributed by atoms with Crippen molar-refractivity contribution in [2.75, 3.05) is 20.3 Å². The van der Waals surface area contributed by atoms with Gasteiger partial charge >= 0.3 is 5.97 Å². The van der Waals surface area contributed by atoms with Crippen LogP contribution < -0.4 is 5.32 Å². The maximum atomic E-state index is 11.9. The van der Waals surface area contributed by atoms with E-state index in [1.807, 2.05) is 0 Å². The topological polar surface area (TPSA) is 75.6 Å². The monoisotopic (exact) mass is 243 g/mol. The van der Waals surface area contributed by atoms with Crippen LogP contribution in [0.15, 0.2) is 0 Å². The van der Waals surface area contributed by atoms with Crippen molar-refractivity contribution in [1.82, 2.24) is 5.32 Å². The highest BCUT2D eigenvalue weighted by atomic mass is 16.5. The Bertz CT molecular complexity index is 267. The number of hydrogen-bond acceptors (Lipinski definition) is 3. The molecule has 0 aromatic carbocycles. The number of carboxylic acids is 1. The molecule has 0 saturated heterocycles. The molecule has 0 aliphatic heterocycles. The summed E-state index contributed by atoms with van der Waals surface area (Å²) in [5.41, 5.74) is 0. The van der Waals surface area contributed by atoms with E-state index in [1.165, 1.54) is 0 Å². The summed E-state index contributed by atoms with van der Waals surface area (Å²) >= 11 is 0. The van der Waals surface area contributed by atoms with Crippen LogP contribution in [0.5, 0.6) is 0 Å². The molecule has 0 bridgehead atoms. The zero-order valence-electron chi connectivity index (χ0n) is 10.3. The molecule has 0 aromatic heterocycles. The number of carbonyl (C=O) groups is 2. The third-order valence-corrected chi connectivity index (χ3v) is 3.24. The van der Waals surface area contributed by atoms with E-state index in [-0.39, 0.29) is 11.8 Å². The normalized spacial score (nSPS) is 24.3. The fourth-order valence-corrected chi connectivity index (χ4v) is 2.30. The Morgan fingerprint density at radius 3 is 2.53 bits per heavy atom. The predicted molar refractivity (Wildman–Crippen MR) is 62.6 cm³/mol. The van der Waals surface area contributed by atoms with Crippen molar-refractivity contribution < 1.29 is 19.4 Å². The van der Waals surface area contributed by atoms with Gasteiger partial charge in [0.05, 0.1) is 11.8 Å². The Morgan fingerprint density at radius 1 is 1.29 bits per heavy atom. The van der Waals surface area contributed by atoms with Crippen molar-refractivity contribution in [3.05, 3.63) is 0 Å². The molecule has 1 aliphatic carbocycles. The van der Waals surface area contributed by atoms with Crippen LogP contribution in [0.2, 0.25) is 0 Å². The van der Waals surface area contributed by atoms with Gasteiger partial charge in [0.25, 0.3) is 0 Å². The maximum absolute atomic E-state index is 11.9.